The molecule has 1 aliphatic heterocycles. The standard InChI is InChI=1S/C19H29NO4.C2H6/c1-15(2)24-18(21)20-12-7-10-19(3,11-13-20)14-23-17-9-6-5-8-16(17)22-4;1-2/h5-6,8-9,15H,7,10-14H2,1-4H3;1-2H3. The maximum Gasteiger partial charge on any atom is 0.410 e. The van der Waals surface area contributed by atoms with Gasteiger partial charge in [-0.1, -0.05) is 32.9 Å². The summed E-state index contributed by atoms with van der Waals surface area (Å²) in [5.41, 5.74) is 0.0354. The molecule has 1 aromatic carbocycles. The van der Waals surface area contributed by atoms with Crippen molar-refractivity contribution >= 4 is 6.09 Å². The Labute approximate surface area is 158 Å². The second-order valence-corrected chi connectivity index (χ2v) is 7.02. The van der Waals surface area contributed by atoms with Crippen LogP contribution in [-0.4, -0.2) is 43.9 Å². The van der Waals surface area contributed by atoms with Gasteiger partial charge in [0.15, 0.2) is 11.5 Å². The number of methoxy groups -OCH3 is 1. The van der Waals surface area contributed by atoms with Crippen molar-refractivity contribution in [2.24, 2.45) is 5.41 Å². The highest BCUT2D eigenvalue weighted by Crippen LogP contribution is 2.34. The fraction of sp³-hybridized carbons (Fsp3) is 0.667. The lowest BCUT2D eigenvalue weighted by Crippen LogP contribution is -2.35. The third kappa shape index (κ3) is 6.77. The van der Waals surface area contributed by atoms with E-state index in [1.807, 2.05) is 56.9 Å². The summed E-state index contributed by atoms with van der Waals surface area (Å²) in [7, 11) is 1.65. The van der Waals surface area contributed by atoms with Crippen LogP contribution in [0.3, 0.4) is 0 Å². The maximum absolute atomic E-state index is 12.1. The highest BCUT2D eigenvalue weighted by Gasteiger charge is 2.31. The molecule has 0 spiro atoms. The molecule has 26 heavy (non-hydrogen) atoms. The molecule has 1 unspecified atom stereocenters. The van der Waals surface area contributed by atoms with Crippen LogP contribution in [0.4, 0.5) is 4.79 Å². The third-order valence-electron chi connectivity index (χ3n) is 4.43. The van der Waals surface area contributed by atoms with Gasteiger partial charge in [0.25, 0.3) is 0 Å². The van der Waals surface area contributed by atoms with Crippen molar-refractivity contribution in [2.45, 2.75) is 60.0 Å². The predicted octanol–water partition coefficient (Wildman–Crippen LogP) is 5.14. The number of ether oxygens (including phenoxy) is 3. The van der Waals surface area contributed by atoms with Crippen LogP contribution in [-0.2, 0) is 4.74 Å². The molecule has 0 radical (unpaired) electrons. The van der Waals surface area contributed by atoms with Crippen molar-refractivity contribution in [3.8, 4) is 11.5 Å². The molecule has 0 N–H and O–H groups in total. The molecule has 1 amide bonds. The summed E-state index contributed by atoms with van der Waals surface area (Å²) >= 11 is 0. The van der Waals surface area contributed by atoms with Crippen LogP contribution in [0.5, 0.6) is 11.5 Å². The molecule has 1 fully saturated rings. The Balaban J connectivity index is 0.00000163. The van der Waals surface area contributed by atoms with Gasteiger partial charge in [-0.25, -0.2) is 4.79 Å². The summed E-state index contributed by atoms with van der Waals surface area (Å²) in [5, 5.41) is 0. The lowest BCUT2D eigenvalue weighted by molar-refractivity contribution is 0.0754. The lowest BCUT2D eigenvalue weighted by Gasteiger charge is -2.28. The van der Waals surface area contributed by atoms with E-state index in [2.05, 4.69) is 6.92 Å². The highest BCUT2D eigenvalue weighted by molar-refractivity contribution is 5.67. The summed E-state index contributed by atoms with van der Waals surface area (Å²) in [6.07, 6.45) is 2.59. The van der Waals surface area contributed by atoms with Gasteiger partial charge in [-0.15, -0.1) is 0 Å². The molecule has 5 heteroatoms. The minimum absolute atomic E-state index is 0.0354. The van der Waals surface area contributed by atoms with E-state index in [4.69, 9.17) is 14.2 Å². The lowest BCUT2D eigenvalue weighted by atomic mass is 9.84. The molecular weight excluding hydrogens is 330 g/mol. The van der Waals surface area contributed by atoms with Gasteiger partial charge in [-0.3, -0.25) is 0 Å². The van der Waals surface area contributed by atoms with Crippen molar-refractivity contribution < 1.29 is 19.0 Å². The number of hydrogen-bond donors (Lipinski definition) is 0. The van der Waals surface area contributed by atoms with Crippen molar-refractivity contribution in [2.75, 3.05) is 26.8 Å². The summed E-state index contributed by atoms with van der Waals surface area (Å²) in [6.45, 7) is 12.0. The smallest absolute Gasteiger partial charge is 0.410 e. The van der Waals surface area contributed by atoms with E-state index in [9.17, 15) is 4.79 Å². The van der Waals surface area contributed by atoms with Gasteiger partial charge in [0.05, 0.1) is 19.8 Å². The number of nitrogens with zero attached hydrogens (tertiary/aromatic N) is 1. The summed E-state index contributed by atoms with van der Waals surface area (Å²) in [6, 6.07) is 7.69. The van der Waals surface area contributed by atoms with Gasteiger partial charge < -0.3 is 19.1 Å². The van der Waals surface area contributed by atoms with Crippen LogP contribution in [0.1, 0.15) is 53.9 Å². The second-order valence-electron chi connectivity index (χ2n) is 7.02. The quantitative estimate of drug-likeness (QED) is 0.725. The van der Waals surface area contributed by atoms with Crippen LogP contribution < -0.4 is 9.47 Å². The van der Waals surface area contributed by atoms with Crippen molar-refractivity contribution in [3.63, 3.8) is 0 Å². The van der Waals surface area contributed by atoms with E-state index in [-0.39, 0.29) is 17.6 Å². The fourth-order valence-corrected chi connectivity index (χ4v) is 2.93. The molecule has 0 saturated carbocycles. The predicted molar refractivity (Wildman–Crippen MR) is 105 cm³/mol. The first-order chi connectivity index (χ1) is 12.4. The van der Waals surface area contributed by atoms with Crippen LogP contribution in [0.25, 0.3) is 0 Å². The van der Waals surface area contributed by atoms with E-state index >= 15 is 0 Å². The molecule has 2 rings (SSSR count). The van der Waals surface area contributed by atoms with E-state index in [1.54, 1.807) is 7.11 Å². The van der Waals surface area contributed by atoms with Crippen LogP contribution in [0.2, 0.25) is 0 Å². The van der Waals surface area contributed by atoms with Gasteiger partial charge in [-0.2, -0.15) is 0 Å². The van der Waals surface area contributed by atoms with Gasteiger partial charge in [-0.05, 0) is 45.2 Å². The topological polar surface area (TPSA) is 48.0 Å². The first-order valence-corrected chi connectivity index (χ1v) is 9.65. The molecule has 1 aliphatic rings. The fourth-order valence-electron chi connectivity index (χ4n) is 2.93. The summed E-state index contributed by atoms with van der Waals surface area (Å²) in [4.78, 5) is 13.9. The maximum atomic E-state index is 12.1. The van der Waals surface area contributed by atoms with Crippen molar-refractivity contribution in [1.82, 2.24) is 4.90 Å². The average molecular weight is 366 g/mol. The average Bonchev–Trinajstić information content (AvgIpc) is 2.84. The van der Waals surface area contributed by atoms with Crippen LogP contribution in [0.15, 0.2) is 24.3 Å². The van der Waals surface area contributed by atoms with Gasteiger partial charge in [0.1, 0.15) is 0 Å². The highest BCUT2D eigenvalue weighted by atomic mass is 16.6. The number of rotatable bonds is 5. The number of hydrogen-bond acceptors (Lipinski definition) is 4. The number of para-hydroxylation sites is 2. The Kier molecular flexibility index (Phi) is 9.31. The van der Waals surface area contributed by atoms with Crippen molar-refractivity contribution in [3.05, 3.63) is 24.3 Å². The number of amides is 1. The molecule has 1 atom stereocenters. The zero-order valence-electron chi connectivity index (χ0n) is 17.2. The minimum atomic E-state index is -0.208. The minimum Gasteiger partial charge on any atom is -0.493 e. The Hall–Kier alpha value is -1.91. The van der Waals surface area contributed by atoms with E-state index < -0.39 is 0 Å². The molecule has 1 heterocycles. The van der Waals surface area contributed by atoms with E-state index in [1.165, 1.54) is 0 Å². The molecule has 0 bridgehead atoms. The molecule has 5 nitrogen and oxygen atoms in total. The molecule has 148 valence electrons. The summed E-state index contributed by atoms with van der Waals surface area (Å²) < 4.78 is 16.7. The monoisotopic (exact) mass is 365 g/mol. The molecule has 0 aliphatic carbocycles. The largest absolute Gasteiger partial charge is 0.493 e. The third-order valence-corrected chi connectivity index (χ3v) is 4.43. The first kappa shape index (κ1) is 22.1. The Morgan fingerprint density at radius 3 is 2.42 bits per heavy atom. The van der Waals surface area contributed by atoms with Gasteiger partial charge in [0.2, 0.25) is 0 Å². The van der Waals surface area contributed by atoms with E-state index in [0.717, 1.165) is 37.3 Å². The van der Waals surface area contributed by atoms with Gasteiger partial charge in [0, 0.05) is 18.5 Å². The first-order valence-electron chi connectivity index (χ1n) is 9.65. The number of benzene rings is 1. The molecule has 1 aromatic rings. The van der Waals surface area contributed by atoms with E-state index in [0.29, 0.717) is 13.2 Å². The van der Waals surface area contributed by atoms with Crippen LogP contribution in [0, 0.1) is 5.41 Å². The molecule has 0 aromatic heterocycles. The number of likely N-dealkylation sites (tertiary alicyclic amines) is 1. The Bertz CT molecular complexity index is 547. The Morgan fingerprint density at radius 1 is 1.15 bits per heavy atom. The SMILES string of the molecule is CC.COc1ccccc1OCC1(C)CCCN(C(=O)OC(C)C)CC1. The number of carbonyl (C=O) groups is 1. The second kappa shape index (κ2) is 10.9. The van der Waals surface area contributed by atoms with Gasteiger partial charge >= 0.3 is 6.09 Å². The normalized spacial score (nSPS) is 19.9. The van der Waals surface area contributed by atoms with Crippen LogP contribution >= 0.6 is 0 Å². The molecular formula is C21H35NO4. The Morgan fingerprint density at radius 2 is 1.81 bits per heavy atom. The zero-order chi connectivity index (χ0) is 19.6. The summed E-state index contributed by atoms with van der Waals surface area (Å²) in [5.74, 6) is 1.51. The molecule has 1 saturated heterocycles. The van der Waals surface area contributed by atoms with Crippen molar-refractivity contribution in [1.29, 1.82) is 0 Å². The zero-order valence-corrected chi connectivity index (χ0v) is 17.2. The number of carbonyl (C=O) groups excluding carboxylic acids is 1.